The molecule has 12 nitrogen and oxygen atoms in total. The summed E-state index contributed by atoms with van der Waals surface area (Å²) in [4.78, 5) is 35.0. The number of rotatable bonds is 7. The van der Waals surface area contributed by atoms with E-state index in [1.165, 1.54) is 12.1 Å². The molecule has 0 spiro atoms. The molecule has 0 atom stereocenters. The largest absolute Gasteiger partial charge is 0.573 e. The van der Waals surface area contributed by atoms with Crippen LogP contribution >= 0.6 is 11.6 Å². The summed E-state index contributed by atoms with van der Waals surface area (Å²) >= 11 is 4.69. The number of amidine groups is 1. The average molecular weight is 589 g/mol. The van der Waals surface area contributed by atoms with Crippen LogP contribution in [0.3, 0.4) is 0 Å². The van der Waals surface area contributed by atoms with Crippen LogP contribution in [0.15, 0.2) is 58.2 Å². The number of hydrogen-bond acceptors (Lipinski definition) is 11. The quantitative estimate of drug-likeness (QED) is 0.0768. The molecule has 1 heterocycles. The zero-order chi connectivity index (χ0) is 30.3. The molecule has 0 radical (unpaired) electrons. The van der Waals surface area contributed by atoms with Crippen molar-refractivity contribution in [3.05, 3.63) is 65.5 Å². The molecule has 3 N–H and O–H groups in total. The molecule has 216 valence electrons. The molecule has 40 heavy (non-hydrogen) atoms. The summed E-state index contributed by atoms with van der Waals surface area (Å²) in [6.45, 7) is 5.53. The smallest absolute Gasteiger partial charge is 0.459 e. The van der Waals surface area contributed by atoms with E-state index >= 15 is 0 Å². The van der Waals surface area contributed by atoms with Gasteiger partial charge in [0, 0.05) is 11.1 Å². The fourth-order valence-corrected chi connectivity index (χ4v) is 2.45. The van der Waals surface area contributed by atoms with Crippen molar-refractivity contribution in [1.29, 1.82) is 0 Å². The molecule has 0 aliphatic heterocycles. The molecule has 0 amide bonds. The second kappa shape index (κ2) is 16.3. The fourth-order valence-electron chi connectivity index (χ4n) is 2.39. The van der Waals surface area contributed by atoms with Crippen molar-refractivity contribution in [3.8, 4) is 17.1 Å². The first kappa shape index (κ1) is 33.4. The number of hydrogen-bond donors (Lipinski definition) is 2. The molecule has 0 aliphatic carbocycles. The molecule has 0 saturated carbocycles. The van der Waals surface area contributed by atoms with Crippen LogP contribution in [0.4, 0.5) is 13.2 Å². The predicted octanol–water partition coefficient (Wildman–Crippen LogP) is 4.22. The molecule has 0 aliphatic rings. The van der Waals surface area contributed by atoms with Gasteiger partial charge in [0.05, 0.1) is 13.2 Å². The van der Waals surface area contributed by atoms with E-state index in [1.807, 2.05) is 31.2 Å². The Morgan fingerprint density at radius 3 is 2.05 bits per heavy atom. The first-order chi connectivity index (χ1) is 18.8. The van der Waals surface area contributed by atoms with Crippen molar-refractivity contribution < 1.29 is 51.5 Å². The number of ether oxygens (including phenoxy) is 3. The van der Waals surface area contributed by atoms with Gasteiger partial charge >= 0.3 is 29.4 Å². The lowest BCUT2D eigenvalue weighted by atomic mass is 10.1. The summed E-state index contributed by atoms with van der Waals surface area (Å²) in [6.07, 6.45) is -4.76. The van der Waals surface area contributed by atoms with Crippen LogP contribution in [0.25, 0.3) is 11.4 Å². The van der Waals surface area contributed by atoms with Gasteiger partial charge in [0.15, 0.2) is 5.84 Å². The summed E-state index contributed by atoms with van der Waals surface area (Å²) < 4.78 is 53.3. The molecule has 2 aromatic carbocycles. The number of alkyl halides is 3. The van der Waals surface area contributed by atoms with Crippen LogP contribution in [0.2, 0.25) is 0 Å². The number of nitrogens with zero attached hydrogens (tertiary/aromatic N) is 3. The molecular formula is C24H24ClF3N4O8. The Kier molecular flexibility index (Phi) is 13.6. The third-order valence-electron chi connectivity index (χ3n) is 4.11. The van der Waals surface area contributed by atoms with Crippen molar-refractivity contribution in [1.82, 2.24) is 10.1 Å². The van der Waals surface area contributed by atoms with Crippen LogP contribution in [-0.4, -0.2) is 57.9 Å². The topological polar surface area (TPSA) is 176 Å². The van der Waals surface area contributed by atoms with E-state index in [2.05, 4.69) is 29.5 Å². The van der Waals surface area contributed by atoms with E-state index in [0.717, 1.165) is 23.3 Å². The molecule has 1 aromatic heterocycles. The highest BCUT2D eigenvalue weighted by atomic mass is 35.5. The van der Waals surface area contributed by atoms with Crippen molar-refractivity contribution >= 4 is 34.6 Å². The van der Waals surface area contributed by atoms with E-state index < -0.39 is 23.5 Å². The second-order valence-corrected chi connectivity index (χ2v) is 7.40. The fraction of sp³-hybridized carbons (Fsp3) is 0.250. The number of halogens is 4. The van der Waals surface area contributed by atoms with Gasteiger partial charge in [-0.1, -0.05) is 40.1 Å². The minimum Gasteiger partial charge on any atom is -0.459 e. The van der Waals surface area contributed by atoms with E-state index in [9.17, 15) is 27.6 Å². The maximum atomic E-state index is 12.0. The molecule has 0 bridgehead atoms. The number of nitrogens with two attached hydrogens (primary N) is 1. The standard InChI is InChI=1S/C12H9F3N2O4.C8H10N2O.C4H5ClO3/c1-2-19-11(18)10-16-9(17-21-10)7-3-5-8(6-4-7)20-12(13,14)15;1-6-2-4-7(5-3-6)8(9)10-11;1-2-8-4(7)3(5)6/h3-6H,2H2,1H3;2-5,11H,1H3,(H2,9,10);2H2,1H3. The SMILES string of the molecule is CCOC(=O)C(=O)Cl.CCOC(=O)c1nc(-c2ccc(OC(F)(F)F)cc2)no1.Cc1ccc(/C(N)=N\O)cc1. The predicted molar refractivity (Wildman–Crippen MR) is 134 cm³/mol. The first-order valence-electron chi connectivity index (χ1n) is 11.1. The highest BCUT2D eigenvalue weighted by molar-refractivity contribution is 6.80. The van der Waals surface area contributed by atoms with Gasteiger partial charge in [0.1, 0.15) is 5.75 Å². The molecule has 0 unspecified atom stereocenters. The van der Waals surface area contributed by atoms with Gasteiger partial charge in [-0.3, -0.25) is 4.79 Å². The van der Waals surface area contributed by atoms with Gasteiger partial charge in [-0.2, -0.15) is 4.98 Å². The number of esters is 2. The minimum absolute atomic E-state index is 0.0524. The summed E-state index contributed by atoms with van der Waals surface area (Å²) in [7, 11) is 0. The number of aromatic nitrogens is 2. The summed E-state index contributed by atoms with van der Waals surface area (Å²) in [5.74, 6) is -2.27. The van der Waals surface area contributed by atoms with Gasteiger partial charge in [0.2, 0.25) is 5.82 Å². The maximum Gasteiger partial charge on any atom is 0.573 e. The number of carbonyl (C=O) groups excluding carboxylic acids is 3. The second-order valence-electron chi connectivity index (χ2n) is 7.06. The lowest BCUT2D eigenvalue weighted by Crippen LogP contribution is -2.16. The molecule has 3 aromatic rings. The van der Waals surface area contributed by atoms with Crippen molar-refractivity contribution in [2.75, 3.05) is 13.2 Å². The highest BCUT2D eigenvalue weighted by Crippen LogP contribution is 2.25. The van der Waals surface area contributed by atoms with Crippen molar-refractivity contribution in [3.63, 3.8) is 0 Å². The van der Waals surface area contributed by atoms with E-state index in [4.69, 9.17) is 27.1 Å². The average Bonchev–Trinajstić information content (AvgIpc) is 3.40. The molecule has 0 fully saturated rings. The van der Waals surface area contributed by atoms with Crippen LogP contribution in [0.5, 0.6) is 5.75 Å². The van der Waals surface area contributed by atoms with Crippen LogP contribution < -0.4 is 10.5 Å². The summed E-state index contributed by atoms with van der Waals surface area (Å²) in [5.41, 5.74) is 7.60. The number of carbonyl (C=O) groups is 3. The van der Waals surface area contributed by atoms with E-state index in [0.29, 0.717) is 5.56 Å². The van der Waals surface area contributed by atoms with Crippen molar-refractivity contribution in [2.24, 2.45) is 10.9 Å². The summed E-state index contributed by atoms with van der Waals surface area (Å²) in [5, 5.41) is 13.7. The number of benzene rings is 2. The Labute approximate surface area is 230 Å². The Bertz CT molecular complexity index is 1280. The maximum absolute atomic E-state index is 12.0. The lowest BCUT2D eigenvalue weighted by Gasteiger charge is -2.08. The van der Waals surface area contributed by atoms with Gasteiger partial charge in [-0.15, -0.1) is 13.2 Å². The normalized spacial score (nSPS) is 10.7. The number of aryl methyl sites for hydroxylation is 1. The Balaban J connectivity index is 0.000000351. The van der Waals surface area contributed by atoms with Crippen LogP contribution in [0, 0.1) is 6.92 Å². The first-order valence-corrected chi connectivity index (χ1v) is 11.5. The summed E-state index contributed by atoms with van der Waals surface area (Å²) in [6, 6.07) is 12.3. The third kappa shape index (κ3) is 12.3. The van der Waals surface area contributed by atoms with E-state index in [1.54, 1.807) is 13.8 Å². The van der Waals surface area contributed by atoms with E-state index in [-0.39, 0.29) is 36.5 Å². The van der Waals surface area contributed by atoms with Crippen molar-refractivity contribution in [2.45, 2.75) is 27.1 Å². The monoisotopic (exact) mass is 588 g/mol. The Morgan fingerprint density at radius 2 is 1.60 bits per heavy atom. The highest BCUT2D eigenvalue weighted by Gasteiger charge is 2.31. The van der Waals surface area contributed by atoms with Gasteiger partial charge in [-0.05, 0) is 56.6 Å². The Hall–Kier alpha value is -4.66. The zero-order valence-electron chi connectivity index (χ0n) is 21.3. The molecular weight excluding hydrogens is 565 g/mol. The lowest BCUT2D eigenvalue weighted by molar-refractivity contribution is -0.274. The molecule has 16 heteroatoms. The van der Waals surface area contributed by atoms with Gasteiger partial charge in [0.25, 0.3) is 0 Å². The zero-order valence-corrected chi connectivity index (χ0v) is 22.0. The molecule has 0 saturated heterocycles. The van der Waals surface area contributed by atoms with Gasteiger partial charge < -0.3 is 29.7 Å². The Morgan fingerprint density at radius 1 is 1.02 bits per heavy atom. The molecule has 3 rings (SSSR count). The third-order valence-corrected chi connectivity index (χ3v) is 4.27. The number of oxime groups is 1. The van der Waals surface area contributed by atoms with Crippen LogP contribution in [-0.2, 0) is 19.1 Å². The minimum atomic E-state index is -4.76. The van der Waals surface area contributed by atoms with Crippen LogP contribution in [0.1, 0.15) is 35.7 Å². The van der Waals surface area contributed by atoms with Gasteiger partial charge in [-0.25, -0.2) is 9.59 Å².